The lowest BCUT2D eigenvalue weighted by atomic mass is 10.2. The number of amides is 1. The van der Waals surface area contributed by atoms with Gasteiger partial charge in [0.1, 0.15) is 22.2 Å². The third-order valence-corrected chi connectivity index (χ3v) is 6.58. The second-order valence-electron chi connectivity index (χ2n) is 7.31. The zero-order valence-corrected chi connectivity index (χ0v) is 18.9. The molecular weight excluding hydrogens is 422 g/mol. The van der Waals surface area contributed by atoms with Crippen LogP contribution in [-0.4, -0.2) is 73.8 Å². The monoisotopic (exact) mass is 449 g/mol. The molecule has 2 aromatic rings. The molecule has 0 radical (unpaired) electrons. The van der Waals surface area contributed by atoms with Crippen molar-refractivity contribution >= 4 is 33.2 Å². The van der Waals surface area contributed by atoms with Crippen molar-refractivity contribution in [3.8, 4) is 5.75 Å². The van der Waals surface area contributed by atoms with Gasteiger partial charge in [-0.05, 0) is 19.1 Å². The van der Waals surface area contributed by atoms with Gasteiger partial charge in [0.15, 0.2) is 0 Å². The second-order valence-corrected chi connectivity index (χ2v) is 10.6. The highest BCUT2D eigenvalue weighted by Gasteiger charge is 2.20. The molecule has 3 rings (SSSR count). The summed E-state index contributed by atoms with van der Waals surface area (Å²) in [5, 5.41) is 2.98. The van der Waals surface area contributed by atoms with E-state index >= 15 is 0 Å². The van der Waals surface area contributed by atoms with Crippen molar-refractivity contribution in [1.29, 1.82) is 0 Å². The Morgan fingerprint density at radius 2 is 1.97 bits per heavy atom. The number of ether oxygens (including phenoxy) is 1. The topological polar surface area (TPSA) is 79.8 Å². The number of thiazole rings is 1. The Kier molecular flexibility index (Phi) is 7.63. The van der Waals surface area contributed by atoms with Crippen LogP contribution in [0.25, 0.3) is 6.08 Å². The highest BCUT2D eigenvalue weighted by Crippen LogP contribution is 2.21. The Balaban J connectivity index is 1.52. The van der Waals surface area contributed by atoms with Crippen LogP contribution in [-0.2, 0) is 21.2 Å². The van der Waals surface area contributed by atoms with Crippen LogP contribution in [0.3, 0.4) is 0 Å². The maximum absolute atomic E-state index is 12.6. The molecule has 1 aliphatic heterocycles. The Morgan fingerprint density at radius 1 is 1.23 bits per heavy atom. The lowest BCUT2D eigenvalue weighted by Gasteiger charge is -2.34. The van der Waals surface area contributed by atoms with Gasteiger partial charge in [-0.1, -0.05) is 18.2 Å². The minimum Gasteiger partial charge on any atom is -0.487 e. The van der Waals surface area contributed by atoms with Gasteiger partial charge in [-0.15, -0.1) is 11.3 Å². The fraction of sp³-hybridized carbons (Fsp3) is 0.429. The number of sulfone groups is 1. The van der Waals surface area contributed by atoms with Crippen LogP contribution in [0, 0.1) is 6.92 Å². The molecule has 1 amide bonds. The van der Waals surface area contributed by atoms with Gasteiger partial charge in [-0.2, -0.15) is 0 Å². The summed E-state index contributed by atoms with van der Waals surface area (Å²) in [6, 6.07) is 7.60. The molecule has 9 heteroatoms. The number of hydrogen-bond acceptors (Lipinski definition) is 7. The summed E-state index contributed by atoms with van der Waals surface area (Å²) < 4.78 is 28.5. The van der Waals surface area contributed by atoms with E-state index < -0.39 is 9.84 Å². The molecule has 0 aliphatic carbocycles. The fourth-order valence-electron chi connectivity index (χ4n) is 3.13. The highest BCUT2D eigenvalue weighted by atomic mass is 32.2. The molecule has 2 heterocycles. The molecule has 0 bridgehead atoms. The van der Waals surface area contributed by atoms with Crippen molar-refractivity contribution in [3.63, 3.8) is 0 Å². The summed E-state index contributed by atoms with van der Waals surface area (Å²) in [5.41, 5.74) is 1.73. The molecule has 0 atom stereocenters. The Hall–Kier alpha value is -2.23. The quantitative estimate of drug-likeness (QED) is 0.575. The first-order valence-electron chi connectivity index (χ1n) is 9.80. The smallest absolute Gasteiger partial charge is 0.246 e. The first kappa shape index (κ1) is 22.5. The number of carbonyl (C=O) groups is 1. The summed E-state index contributed by atoms with van der Waals surface area (Å²) in [4.78, 5) is 20.8. The minimum absolute atomic E-state index is 0.0531. The average Bonchev–Trinajstić information content (AvgIpc) is 3.14. The van der Waals surface area contributed by atoms with E-state index in [0.29, 0.717) is 45.1 Å². The van der Waals surface area contributed by atoms with Gasteiger partial charge in [0.2, 0.25) is 5.91 Å². The number of aryl methyl sites for hydroxylation is 1. The number of carbonyl (C=O) groups excluding carboxylic acids is 1. The van der Waals surface area contributed by atoms with Crippen molar-refractivity contribution in [2.45, 2.75) is 13.5 Å². The Bertz CT molecular complexity index is 993. The van der Waals surface area contributed by atoms with Gasteiger partial charge in [0, 0.05) is 56.0 Å². The minimum atomic E-state index is -2.97. The van der Waals surface area contributed by atoms with Gasteiger partial charge in [-0.3, -0.25) is 9.69 Å². The van der Waals surface area contributed by atoms with Crippen molar-refractivity contribution in [1.82, 2.24) is 14.8 Å². The number of rotatable bonds is 8. The molecule has 1 aliphatic rings. The Labute approximate surface area is 181 Å². The molecular formula is C21H27N3O4S2. The normalized spacial score (nSPS) is 15.6. The molecule has 1 saturated heterocycles. The first-order chi connectivity index (χ1) is 14.3. The third-order valence-electron chi connectivity index (χ3n) is 4.83. The van der Waals surface area contributed by atoms with Crippen molar-refractivity contribution < 1.29 is 17.9 Å². The molecule has 30 heavy (non-hydrogen) atoms. The molecule has 1 aromatic heterocycles. The SMILES string of the molecule is Cc1nc(COc2ccccc2/C=C/C(=O)N2CCN(CCS(C)(=O)=O)CC2)cs1. The van der Waals surface area contributed by atoms with Gasteiger partial charge >= 0.3 is 0 Å². The summed E-state index contributed by atoms with van der Waals surface area (Å²) in [6.45, 7) is 5.41. The summed E-state index contributed by atoms with van der Waals surface area (Å²) in [6.07, 6.45) is 4.60. The first-order valence-corrected chi connectivity index (χ1v) is 12.7. The predicted octanol–water partition coefficient (Wildman–Crippen LogP) is 2.23. The van der Waals surface area contributed by atoms with E-state index in [1.54, 1.807) is 28.4 Å². The number of nitrogens with zero attached hydrogens (tertiary/aromatic N) is 3. The van der Waals surface area contributed by atoms with E-state index in [9.17, 15) is 13.2 Å². The number of benzene rings is 1. The third kappa shape index (κ3) is 6.93. The molecule has 0 unspecified atom stereocenters. The highest BCUT2D eigenvalue weighted by molar-refractivity contribution is 7.90. The Morgan fingerprint density at radius 3 is 2.63 bits per heavy atom. The summed E-state index contributed by atoms with van der Waals surface area (Å²) >= 11 is 1.59. The second kappa shape index (κ2) is 10.2. The van der Waals surface area contributed by atoms with Gasteiger partial charge in [-0.25, -0.2) is 13.4 Å². The lowest BCUT2D eigenvalue weighted by Crippen LogP contribution is -2.49. The molecule has 0 saturated carbocycles. The molecule has 1 fully saturated rings. The molecule has 162 valence electrons. The summed E-state index contributed by atoms with van der Waals surface area (Å²) in [5.74, 6) is 0.804. The van der Waals surface area contributed by atoms with Crippen LogP contribution in [0.4, 0.5) is 0 Å². The van der Waals surface area contributed by atoms with Crippen LogP contribution < -0.4 is 4.74 Å². The maximum Gasteiger partial charge on any atom is 0.246 e. The molecule has 0 spiro atoms. The standard InChI is InChI=1S/C21H27N3O4S2/c1-17-22-19(16-29-17)15-28-20-6-4-3-5-18(20)7-8-21(25)24-11-9-23(10-12-24)13-14-30(2,26)27/h3-8,16H,9-15H2,1-2H3/b8-7+. The van der Waals surface area contributed by atoms with E-state index in [1.165, 1.54) is 6.26 Å². The van der Waals surface area contributed by atoms with Gasteiger partial charge in [0.05, 0.1) is 16.5 Å². The zero-order chi connectivity index (χ0) is 21.6. The van der Waals surface area contributed by atoms with Crippen LogP contribution in [0.5, 0.6) is 5.75 Å². The van der Waals surface area contributed by atoms with Crippen molar-refractivity contribution in [3.05, 3.63) is 52.0 Å². The van der Waals surface area contributed by atoms with Gasteiger partial charge < -0.3 is 9.64 Å². The van der Waals surface area contributed by atoms with E-state index in [-0.39, 0.29) is 11.7 Å². The van der Waals surface area contributed by atoms with E-state index in [0.717, 1.165) is 16.3 Å². The summed E-state index contributed by atoms with van der Waals surface area (Å²) in [7, 11) is -2.97. The largest absolute Gasteiger partial charge is 0.487 e. The van der Waals surface area contributed by atoms with Crippen molar-refractivity contribution in [2.75, 3.05) is 44.7 Å². The number of para-hydroxylation sites is 1. The van der Waals surface area contributed by atoms with E-state index in [1.807, 2.05) is 36.6 Å². The lowest BCUT2D eigenvalue weighted by molar-refractivity contribution is -0.127. The van der Waals surface area contributed by atoms with Crippen molar-refractivity contribution in [2.24, 2.45) is 0 Å². The number of hydrogen-bond donors (Lipinski definition) is 0. The zero-order valence-electron chi connectivity index (χ0n) is 17.3. The van der Waals surface area contributed by atoms with Crippen LogP contribution in [0.15, 0.2) is 35.7 Å². The van der Waals surface area contributed by atoms with Crippen LogP contribution >= 0.6 is 11.3 Å². The number of aromatic nitrogens is 1. The maximum atomic E-state index is 12.6. The fourth-order valence-corrected chi connectivity index (χ4v) is 4.32. The molecule has 7 nitrogen and oxygen atoms in total. The molecule has 1 aromatic carbocycles. The van der Waals surface area contributed by atoms with Crippen LogP contribution in [0.2, 0.25) is 0 Å². The van der Waals surface area contributed by atoms with E-state index in [2.05, 4.69) is 9.88 Å². The van der Waals surface area contributed by atoms with Crippen LogP contribution in [0.1, 0.15) is 16.3 Å². The number of piperazine rings is 1. The molecule has 0 N–H and O–H groups in total. The van der Waals surface area contributed by atoms with E-state index in [4.69, 9.17) is 4.74 Å². The predicted molar refractivity (Wildman–Crippen MR) is 119 cm³/mol. The van der Waals surface area contributed by atoms with Gasteiger partial charge in [0.25, 0.3) is 0 Å². The average molecular weight is 450 g/mol.